The summed E-state index contributed by atoms with van der Waals surface area (Å²) in [6.45, 7) is 1.99. The zero-order valence-corrected chi connectivity index (χ0v) is 15.2. The van der Waals surface area contributed by atoms with Gasteiger partial charge in [0.2, 0.25) is 5.91 Å². The summed E-state index contributed by atoms with van der Waals surface area (Å²) in [6.07, 6.45) is 2.59. The Balaban J connectivity index is 2.07. The van der Waals surface area contributed by atoms with Gasteiger partial charge in [0.15, 0.2) is 0 Å². The quantitative estimate of drug-likeness (QED) is 0.741. The average molecular weight is 364 g/mol. The van der Waals surface area contributed by atoms with Crippen LogP contribution >= 0.6 is 11.8 Å². The van der Waals surface area contributed by atoms with E-state index in [9.17, 15) is 13.2 Å². The number of carbonyl (C=O) groups is 1. The van der Waals surface area contributed by atoms with Gasteiger partial charge >= 0.3 is 0 Å². The van der Waals surface area contributed by atoms with Crippen molar-refractivity contribution < 1.29 is 13.2 Å². The predicted octanol–water partition coefficient (Wildman–Crippen LogP) is 2.89. The molecule has 2 aromatic carbocycles. The first-order valence-corrected chi connectivity index (χ1v) is 10.1. The van der Waals surface area contributed by atoms with Crippen molar-refractivity contribution in [2.75, 3.05) is 17.5 Å². The smallest absolute Gasteiger partial charge is 0.261 e. The van der Waals surface area contributed by atoms with Crippen LogP contribution in [0.2, 0.25) is 0 Å². The first kappa shape index (κ1) is 18.4. The fourth-order valence-electron chi connectivity index (χ4n) is 2.12. The third-order valence-electron chi connectivity index (χ3n) is 3.34. The van der Waals surface area contributed by atoms with Crippen molar-refractivity contribution in [1.82, 2.24) is 5.32 Å². The first-order chi connectivity index (χ1) is 11.4. The van der Waals surface area contributed by atoms with Gasteiger partial charge in [0.1, 0.15) is 0 Å². The molecule has 0 unspecified atom stereocenters. The molecule has 2 N–H and O–H groups in total. The molecule has 128 valence electrons. The van der Waals surface area contributed by atoms with Crippen LogP contribution < -0.4 is 10.0 Å². The molecule has 2 rings (SSSR count). The molecule has 7 heteroatoms. The van der Waals surface area contributed by atoms with E-state index in [4.69, 9.17) is 0 Å². The molecule has 0 aromatic heterocycles. The minimum Gasteiger partial charge on any atom is -0.356 e. The van der Waals surface area contributed by atoms with E-state index in [0.717, 1.165) is 10.5 Å². The summed E-state index contributed by atoms with van der Waals surface area (Å²) in [5.74, 6) is -0.0779. The molecule has 0 fully saturated rings. The average Bonchev–Trinajstić information content (AvgIpc) is 2.55. The fourth-order valence-corrected chi connectivity index (χ4v) is 3.63. The van der Waals surface area contributed by atoms with Gasteiger partial charge in [-0.1, -0.05) is 18.2 Å². The molecule has 0 aliphatic heterocycles. The Kier molecular flexibility index (Phi) is 6.28. The largest absolute Gasteiger partial charge is 0.356 e. The first-order valence-electron chi connectivity index (χ1n) is 7.41. The van der Waals surface area contributed by atoms with Gasteiger partial charge < -0.3 is 5.32 Å². The highest BCUT2D eigenvalue weighted by Gasteiger charge is 2.14. The van der Waals surface area contributed by atoms with Crippen LogP contribution in [-0.2, 0) is 21.2 Å². The molecule has 0 spiro atoms. The molecule has 2 aromatic rings. The maximum atomic E-state index is 12.4. The lowest BCUT2D eigenvalue weighted by Crippen LogP contribution is -2.22. The number of thioether (sulfide) groups is 1. The number of hydrogen-bond donors (Lipinski definition) is 2. The Labute approximate surface area is 146 Å². The van der Waals surface area contributed by atoms with Crippen LogP contribution in [0, 0.1) is 0 Å². The molecule has 5 nitrogen and oxygen atoms in total. The minimum atomic E-state index is -3.62. The van der Waals surface area contributed by atoms with Gasteiger partial charge in [-0.15, -0.1) is 11.8 Å². The van der Waals surface area contributed by atoms with Crippen molar-refractivity contribution in [1.29, 1.82) is 0 Å². The van der Waals surface area contributed by atoms with E-state index in [1.165, 1.54) is 6.92 Å². The van der Waals surface area contributed by atoms with E-state index < -0.39 is 10.0 Å². The Morgan fingerprint density at radius 1 is 1.12 bits per heavy atom. The number of benzene rings is 2. The van der Waals surface area contributed by atoms with Crippen molar-refractivity contribution in [2.45, 2.75) is 23.1 Å². The van der Waals surface area contributed by atoms with E-state index >= 15 is 0 Å². The zero-order valence-electron chi connectivity index (χ0n) is 13.6. The predicted molar refractivity (Wildman–Crippen MR) is 97.9 cm³/mol. The summed E-state index contributed by atoms with van der Waals surface area (Å²) in [5, 5.41) is 2.71. The molecule has 0 atom stereocenters. The maximum Gasteiger partial charge on any atom is 0.261 e. The highest BCUT2D eigenvalue weighted by atomic mass is 32.2. The van der Waals surface area contributed by atoms with E-state index in [2.05, 4.69) is 10.0 Å². The summed E-state index contributed by atoms with van der Waals surface area (Å²) < 4.78 is 27.5. The van der Waals surface area contributed by atoms with Crippen LogP contribution in [0.25, 0.3) is 0 Å². The Morgan fingerprint density at radius 2 is 1.83 bits per heavy atom. The number of sulfonamides is 1. The van der Waals surface area contributed by atoms with Gasteiger partial charge in [-0.3, -0.25) is 9.52 Å². The lowest BCUT2D eigenvalue weighted by atomic mass is 10.1. The van der Waals surface area contributed by atoms with Crippen molar-refractivity contribution in [3.8, 4) is 0 Å². The molecule has 24 heavy (non-hydrogen) atoms. The molecule has 0 heterocycles. The van der Waals surface area contributed by atoms with Gasteiger partial charge in [0, 0.05) is 24.1 Å². The number of rotatable bonds is 7. The lowest BCUT2D eigenvalue weighted by Gasteiger charge is -2.10. The maximum absolute atomic E-state index is 12.4. The van der Waals surface area contributed by atoms with Crippen LogP contribution in [0.4, 0.5) is 5.69 Å². The van der Waals surface area contributed by atoms with Crippen LogP contribution in [0.3, 0.4) is 0 Å². The highest BCUT2D eigenvalue weighted by Crippen LogP contribution is 2.22. The molecule has 0 radical (unpaired) electrons. The lowest BCUT2D eigenvalue weighted by molar-refractivity contribution is -0.118. The highest BCUT2D eigenvalue weighted by molar-refractivity contribution is 7.98. The molecule has 0 bridgehead atoms. The third-order valence-corrected chi connectivity index (χ3v) is 5.47. The normalized spacial score (nSPS) is 11.1. The fraction of sp³-hybridized carbons (Fsp3) is 0.235. The number of anilines is 1. The van der Waals surface area contributed by atoms with Crippen LogP contribution in [-0.4, -0.2) is 27.1 Å². The van der Waals surface area contributed by atoms with E-state index in [0.29, 0.717) is 18.7 Å². The number of amides is 1. The molecule has 0 saturated heterocycles. The van der Waals surface area contributed by atoms with Crippen molar-refractivity contribution in [3.63, 3.8) is 0 Å². The zero-order chi connectivity index (χ0) is 17.6. The monoisotopic (exact) mass is 364 g/mol. The molecule has 1 amide bonds. The van der Waals surface area contributed by atoms with Gasteiger partial charge in [0.05, 0.1) is 4.90 Å². The Hall–Kier alpha value is -1.99. The van der Waals surface area contributed by atoms with Crippen LogP contribution in [0.5, 0.6) is 0 Å². The van der Waals surface area contributed by atoms with E-state index in [-0.39, 0.29) is 10.8 Å². The molecule has 0 saturated carbocycles. The van der Waals surface area contributed by atoms with Gasteiger partial charge in [-0.05, 0) is 48.6 Å². The van der Waals surface area contributed by atoms with Gasteiger partial charge in [-0.2, -0.15) is 0 Å². The molecule has 0 aliphatic carbocycles. The number of carbonyl (C=O) groups excluding carboxylic acids is 1. The summed E-state index contributed by atoms with van der Waals surface area (Å²) in [7, 11) is -3.62. The number of hydrogen-bond acceptors (Lipinski definition) is 4. The van der Waals surface area contributed by atoms with Gasteiger partial charge in [0.25, 0.3) is 10.0 Å². The van der Waals surface area contributed by atoms with Gasteiger partial charge in [-0.25, -0.2) is 8.42 Å². The third kappa shape index (κ3) is 5.28. The van der Waals surface area contributed by atoms with Crippen molar-refractivity contribution in [3.05, 3.63) is 54.1 Å². The van der Waals surface area contributed by atoms with E-state index in [1.807, 2.05) is 18.4 Å². The standard InChI is InChI=1S/C17H20N2O3S2/c1-13(20)18-11-10-14-6-8-17(9-7-14)24(21,22)19-15-4-3-5-16(12-15)23-2/h3-9,12,19H,10-11H2,1-2H3,(H,18,20). The minimum absolute atomic E-state index is 0.0779. The molecule has 0 aliphatic rings. The molecular weight excluding hydrogens is 344 g/mol. The Bertz CT molecular complexity index is 803. The van der Waals surface area contributed by atoms with E-state index in [1.54, 1.807) is 48.2 Å². The summed E-state index contributed by atoms with van der Waals surface area (Å²) >= 11 is 1.55. The second-order valence-corrected chi connectivity index (χ2v) is 7.78. The van der Waals surface area contributed by atoms with Crippen molar-refractivity contribution >= 4 is 33.4 Å². The van der Waals surface area contributed by atoms with Crippen molar-refractivity contribution in [2.24, 2.45) is 0 Å². The second-order valence-electron chi connectivity index (χ2n) is 5.21. The molecular formula is C17H20N2O3S2. The second kappa shape index (κ2) is 8.21. The number of nitrogens with one attached hydrogen (secondary N) is 2. The summed E-state index contributed by atoms with van der Waals surface area (Å²) in [6, 6.07) is 13.9. The summed E-state index contributed by atoms with van der Waals surface area (Å²) in [4.78, 5) is 12.0. The van der Waals surface area contributed by atoms with Crippen LogP contribution in [0.1, 0.15) is 12.5 Å². The Morgan fingerprint density at radius 3 is 2.46 bits per heavy atom. The SMILES string of the molecule is CSc1cccc(NS(=O)(=O)c2ccc(CCNC(C)=O)cc2)c1. The topological polar surface area (TPSA) is 75.3 Å². The summed E-state index contributed by atoms with van der Waals surface area (Å²) in [5.41, 5.74) is 1.50. The van der Waals surface area contributed by atoms with Crippen LogP contribution in [0.15, 0.2) is 58.3 Å².